The molecule has 1 fully saturated rings. The van der Waals surface area contributed by atoms with Crippen LogP contribution in [0.2, 0.25) is 0 Å². The van der Waals surface area contributed by atoms with E-state index in [0.717, 1.165) is 19.5 Å². The summed E-state index contributed by atoms with van der Waals surface area (Å²) in [5, 5.41) is 0. The number of carbonyl (C=O) groups excluding carboxylic acids is 1. The molecule has 0 saturated carbocycles. The number of rotatable bonds is 2. The first-order chi connectivity index (χ1) is 5.65. The molecule has 1 aliphatic heterocycles. The van der Waals surface area contributed by atoms with Gasteiger partial charge in [0.25, 0.3) is 0 Å². The fourth-order valence-electron chi connectivity index (χ4n) is 1.51. The van der Waals surface area contributed by atoms with Gasteiger partial charge in [0.1, 0.15) is 6.67 Å². The molecule has 1 rings (SSSR count). The SMILES string of the molecule is CC1CCN(C(=O)C(C)CF)C1. The van der Waals surface area contributed by atoms with Gasteiger partial charge in [0.2, 0.25) is 5.91 Å². The fraction of sp³-hybridized carbons (Fsp3) is 0.889. The molecule has 0 aliphatic carbocycles. The highest BCUT2D eigenvalue weighted by Gasteiger charge is 2.26. The second-order valence-electron chi connectivity index (χ2n) is 3.73. The lowest BCUT2D eigenvalue weighted by Crippen LogP contribution is -2.33. The highest BCUT2D eigenvalue weighted by Crippen LogP contribution is 2.17. The smallest absolute Gasteiger partial charge is 0.228 e. The predicted octanol–water partition coefficient (Wildman–Crippen LogP) is 1.46. The van der Waals surface area contributed by atoms with Crippen molar-refractivity contribution in [3.05, 3.63) is 0 Å². The number of hydrogen-bond donors (Lipinski definition) is 0. The van der Waals surface area contributed by atoms with E-state index in [1.165, 1.54) is 0 Å². The highest BCUT2D eigenvalue weighted by atomic mass is 19.1. The van der Waals surface area contributed by atoms with E-state index < -0.39 is 12.6 Å². The van der Waals surface area contributed by atoms with E-state index in [4.69, 9.17) is 0 Å². The molecule has 0 N–H and O–H groups in total. The number of alkyl halides is 1. The molecular formula is C9H16FNO. The van der Waals surface area contributed by atoms with Gasteiger partial charge >= 0.3 is 0 Å². The van der Waals surface area contributed by atoms with Crippen LogP contribution in [0.1, 0.15) is 20.3 Å². The molecular weight excluding hydrogens is 157 g/mol. The molecule has 0 aromatic rings. The Balaban J connectivity index is 2.43. The Morgan fingerprint density at radius 3 is 2.83 bits per heavy atom. The van der Waals surface area contributed by atoms with Gasteiger partial charge in [0.05, 0.1) is 5.92 Å². The van der Waals surface area contributed by atoms with Crippen molar-refractivity contribution in [2.45, 2.75) is 20.3 Å². The van der Waals surface area contributed by atoms with Crippen molar-refractivity contribution in [3.8, 4) is 0 Å². The highest BCUT2D eigenvalue weighted by molar-refractivity contribution is 5.78. The predicted molar refractivity (Wildman–Crippen MR) is 45.5 cm³/mol. The largest absolute Gasteiger partial charge is 0.342 e. The molecule has 1 amide bonds. The summed E-state index contributed by atoms with van der Waals surface area (Å²) in [4.78, 5) is 13.2. The van der Waals surface area contributed by atoms with Crippen molar-refractivity contribution in [1.29, 1.82) is 0 Å². The second-order valence-corrected chi connectivity index (χ2v) is 3.73. The lowest BCUT2D eigenvalue weighted by molar-refractivity contribution is -0.134. The summed E-state index contributed by atoms with van der Waals surface area (Å²) in [5.74, 6) is 0.109. The molecule has 1 saturated heterocycles. The third kappa shape index (κ3) is 1.96. The number of amides is 1. The van der Waals surface area contributed by atoms with Crippen molar-refractivity contribution < 1.29 is 9.18 Å². The van der Waals surface area contributed by atoms with Gasteiger partial charge in [0.15, 0.2) is 0 Å². The van der Waals surface area contributed by atoms with E-state index >= 15 is 0 Å². The Bertz CT molecular complexity index is 172. The average Bonchev–Trinajstić information content (AvgIpc) is 2.49. The zero-order valence-corrected chi connectivity index (χ0v) is 7.72. The Morgan fingerprint density at radius 2 is 2.42 bits per heavy atom. The zero-order chi connectivity index (χ0) is 9.14. The van der Waals surface area contributed by atoms with Crippen LogP contribution in [0.3, 0.4) is 0 Å². The number of nitrogens with zero attached hydrogens (tertiary/aromatic N) is 1. The molecule has 2 nitrogen and oxygen atoms in total. The normalized spacial score (nSPS) is 25.9. The Morgan fingerprint density at radius 1 is 1.75 bits per heavy atom. The van der Waals surface area contributed by atoms with Crippen LogP contribution in [0, 0.1) is 11.8 Å². The Kier molecular flexibility index (Phi) is 3.06. The molecule has 2 unspecified atom stereocenters. The summed E-state index contributed by atoms with van der Waals surface area (Å²) in [7, 11) is 0. The van der Waals surface area contributed by atoms with Crippen LogP contribution >= 0.6 is 0 Å². The molecule has 3 heteroatoms. The molecule has 2 atom stereocenters. The minimum absolute atomic E-state index is 0.0261. The van der Waals surface area contributed by atoms with Crippen molar-refractivity contribution >= 4 is 5.91 Å². The standard InChI is InChI=1S/C9H16FNO/c1-7-3-4-11(6-7)9(12)8(2)5-10/h7-8H,3-6H2,1-2H3. The molecule has 0 radical (unpaired) electrons. The number of carbonyl (C=O) groups is 1. The minimum atomic E-state index is -0.538. The first-order valence-corrected chi connectivity index (χ1v) is 4.50. The lowest BCUT2D eigenvalue weighted by Gasteiger charge is -2.18. The fourth-order valence-corrected chi connectivity index (χ4v) is 1.51. The first kappa shape index (κ1) is 9.49. The molecule has 0 bridgehead atoms. The maximum atomic E-state index is 12.1. The minimum Gasteiger partial charge on any atom is -0.342 e. The van der Waals surface area contributed by atoms with Gasteiger partial charge in [-0.1, -0.05) is 13.8 Å². The second kappa shape index (κ2) is 3.87. The average molecular weight is 173 g/mol. The Hall–Kier alpha value is -0.600. The number of hydrogen-bond acceptors (Lipinski definition) is 1. The van der Waals surface area contributed by atoms with Gasteiger partial charge in [-0.2, -0.15) is 0 Å². The van der Waals surface area contributed by atoms with Crippen molar-refractivity contribution in [2.75, 3.05) is 19.8 Å². The first-order valence-electron chi connectivity index (χ1n) is 4.50. The van der Waals surface area contributed by atoms with E-state index in [-0.39, 0.29) is 5.91 Å². The summed E-state index contributed by atoms with van der Waals surface area (Å²) in [6.07, 6.45) is 1.06. The molecule has 0 aromatic carbocycles. The van der Waals surface area contributed by atoms with Gasteiger partial charge in [-0.25, -0.2) is 0 Å². The quantitative estimate of drug-likeness (QED) is 0.619. The monoisotopic (exact) mass is 173 g/mol. The summed E-state index contributed by atoms with van der Waals surface area (Å²) in [6, 6.07) is 0. The third-order valence-electron chi connectivity index (χ3n) is 2.39. The van der Waals surface area contributed by atoms with Crippen molar-refractivity contribution in [2.24, 2.45) is 11.8 Å². The van der Waals surface area contributed by atoms with E-state index in [1.54, 1.807) is 11.8 Å². The summed E-state index contributed by atoms with van der Waals surface area (Å²) in [6.45, 7) is 4.84. The van der Waals surface area contributed by atoms with Crippen LogP contribution in [0.15, 0.2) is 0 Å². The van der Waals surface area contributed by atoms with Gasteiger partial charge in [-0.3, -0.25) is 9.18 Å². The van der Waals surface area contributed by atoms with Gasteiger partial charge < -0.3 is 4.90 Å². The van der Waals surface area contributed by atoms with E-state index in [2.05, 4.69) is 6.92 Å². The van der Waals surface area contributed by atoms with Crippen LogP contribution in [-0.4, -0.2) is 30.6 Å². The van der Waals surface area contributed by atoms with Crippen LogP contribution < -0.4 is 0 Å². The number of halogens is 1. The lowest BCUT2D eigenvalue weighted by atomic mass is 10.1. The summed E-state index contributed by atoms with van der Waals surface area (Å²) >= 11 is 0. The molecule has 70 valence electrons. The van der Waals surface area contributed by atoms with Gasteiger partial charge in [0, 0.05) is 13.1 Å². The van der Waals surface area contributed by atoms with Gasteiger partial charge in [-0.05, 0) is 12.3 Å². The molecule has 12 heavy (non-hydrogen) atoms. The van der Waals surface area contributed by atoms with Crippen molar-refractivity contribution in [3.63, 3.8) is 0 Å². The number of likely N-dealkylation sites (tertiary alicyclic amines) is 1. The zero-order valence-electron chi connectivity index (χ0n) is 7.72. The van der Waals surface area contributed by atoms with Gasteiger partial charge in [-0.15, -0.1) is 0 Å². The van der Waals surface area contributed by atoms with Crippen molar-refractivity contribution in [1.82, 2.24) is 4.90 Å². The summed E-state index contributed by atoms with van der Waals surface area (Å²) in [5.41, 5.74) is 0. The van der Waals surface area contributed by atoms with E-state index in [1.807, 2.05) is 0 Å². The van der Waals surface area contributed by atoms with Crippen LogP contribution in [0.4, 0.5) is 4.39 Å². The van der Waals surface area contributed by atoms with Crippen LogP contribution in [0.25, 0.3) is 0 Å². The molecule has 1 heterocycles. The van der Waals surface area contributed by atoms with E-state index in [0.29, 0.717) is 5.92 Å². The topological polar surface area (TPSA) is 20.3 Å². The maximum Gasteiger partial charge on any atom is 0.228 e. The summed E-state index contributed by atoms with van der Waals surface area (Å²) < 4.78 is 12.1. The van der Waals surface area contributed by atoms with E-state index in [9.17, 15) is 9.18 Å². The van der Waals surface area contributed by atoms with Crippen LogP contribution in [-0.2, 0) is 4.79 Å². The van der Waals surface area contributed by atoms with Crippen LogP contribution in [0.5, 0.6) is 0 Å². The molecule has 0 spiro atoms. The maximum absolute atomic E-state index is 12.1. The molecule has 1 aliphatic rings. The Labute approximate surface area is 72.7 Å². The third-order valence-corrected chi connectivity index (χ3v) is 2.39. The molecule has 0 aromatic heterocycles.